The van der Waals surface area contributed by atoms with Crippen LogP contribution < -0.4 is 14.8 Å². The topological polar surface area (TPSA) is 69.4 Å². The molecule has 3 aromatic rings. The zero-order valence-corrected chi connectivity index (χ0v) is 16.0. The molecule has 2 heterocycles. The zero-order chi connectivity index (χ0) is 19.1. The Morgan fingerprint density at radius 3 is 2.70 bits per heavy atom. The fourth-order valence-corrected chi connectivity index (χ4v) is 2.89. The van der Waals surface area contributed by atoms with Gasteiger partial charge in [-0.1, -0.05) is 17.3 Å². The molecule has 0 spiro atoms. The van der Waals surface area contributed by atoms with E-state index in [0.29, 0.717) is 6.61 Å². The first-order chi connectivity index (χ1) is 13.2. The molecule has 142 valence electrons. The van der Waals surface area contributed by atoms with Gasteiger partial charge in [0.1, 0.15) is 12.4 Å². The molecule has 1 aromatic carbocycles. The van der Waals surface area contributed by atoms with E-state index in [-0.39, 0.29) is 0 Å². The third-order valence-electron chi connectivity index (χ3n) is 4.41. The zero-order valence-electron chi connectivity index (χ0n) is 16.0. The molecule has 27 heavy (non-hydrogen) atoms. The van der Waals surface area contributed by atoms with Crippen LogP contribution in [-0.2, 0) is 19.6 Å². The average molecular weight is 367 g/mol. The lowest BCUT2D eigenvalue weighted by molar-refractivity contribution is 0.284. The van der Waals surface area contributed by atoms with Crippen LogP contribution in [0, 0.1) is 13.8 Å². The first kappa shape index (κ1) is 18.9. The predicted octanol–water partition coefficient (Wildman–Crippen LogP) is 3.61. The number of pyridine rings is 1. The maximum atomic E-state index is 5.94. The maximum absolute atomic E-state index is 5.94. The minimum atomic E-state index is 0.452. The molecule has 0 unspecified atom stereocenters. The molecule has 1 N–H and O–H groups in total. The lowest BCUT2D eigenvalue weighted by Gasteiger charge is -2.13. The first-order valence-corrected chi connectivity index (χ1v) is 8.98. The monoisotopic (exact) mass is 367 g/mol. The van der Waals surface area contributed by atoms with Gasteiger partial charge in [0.2, 0.25) is 0 Å². The molecule has 3 rings (SSSR count). The molecular formula is C21H25N3O3. The maximum Gasteiger partial charge on any atom is 0.161 e. The molecule has 0 fully saturated rings. The van der Waals surface area contributed by atoms with E-state index in [1.165, 1.54) is 5.56 Å². The molecular weight excluding hydrogens is 342 g/mol. The molecule has 0 bridgehead atoms. The smallest absolute Gasteiger partial charge is 0.161 e. The van der Waals surface area contributed by atoms with Gasteiger partial charge in [0.25, 0.3) is 0 Å². The summed E-state index contributed by atoms with van der Waals surface area (Å²) in [6.07, 6.45) is 4.44. The molecule has 0 saturated heterocycles. The molecule has 0 atom stereocenters. The van der Waals surface area contributed by atoms with Gasteiger partial charge in [-0.2, -0.15) is 0 Å². The lowest BCUT2D eigenvalue weighted by Crippen LogP contribution is -2.17. The van der Waals surface area contributed by atoms with Crippen molar-refractivity contribution in [2.45, 2.75) is 33.4 Å². The quantitative estimate of drug-likeness (QED) is 0.583. The number of ether oxygens (including phenoxy) is 2. The van der Waals surface area contributed by atoms with Crippen LogP contribution in [0.1, 0.15) is 28.1 Å². The van der Waals surface area contributed by atoms with E-state index in [2.05, 4.69) is 15.5 Å². The van der Waals surface area contributed by atoms with Gasteiger partial charge in [0.15, 0.2) is 11.5 Å². The highest BCUT2D eigenvalue weighted by atomic mass is 16.5. The summed E-state index contributed by atoms with van der Waals surface area (Å²) in [5, 5.41) is 7.45. The highest BCUT2D eigenvalue weighted by molar-refractivity contribution is 5.43. The standard InChI is InChI=1S/C21H25N3O3/c1-15-19(16(2)27-24-15)8-10-23-12-17-6-7-20(25-3)21(11-17)26-14-18-5-4-9-22-13-18/h4-7,9,11,13,23H,8,10,12,14H2,1-3H3. The fraction of sp³-hybridized carbons (Fsp3) is 0.333. The second-order valence-electron chi connectivity index (χ2n) is 6.36. The number of aromatic nitrogens is 2. The van der Waals surface area contributed by atoms with E-state index in [1.54, 1.807) is 19.5 Å². The van der Waals surface area contributed by atoms with Gasteiger partial charge < -0.3 is 19.3 Å². The first-order valence-electron chi connectivity index (χ1n) is 8.98. The lowest BCUT2D eigenvalue weighted by atomic mass is 10.1. The van der Waals surface area contributed by atoms with E-state index >= 15 is 0 Å². The molecule has 0 aliphatic carbocycles. The van der Waals surface area contributed by atoms with E-state index < -0.39 is 0 Å². The number of nitrogens with zero attached hydrogens (tertiary/aromatic N) is 2. The summed E-state index contributed by atoms with van der Waals surface area (Å²) < 4.78 is 16.6. The summed E-state index contributed by atoms with van der Waals surface area (Å²) >= 11 is 0. The number of methoxy groups -OCH3 is 1. The largest absolute Gasteiger partial charge is 0.493 e. The van der Waals surface area contributed by atoms with E-state index in [0.717, 1.165) is 53.6 Å². The van der Waals surface area contributed by atoms with Gasteiger partial charge in [-0.05, 0) is 50.6 Å². The van der Waals surface area contributed by atoms with Gasteiger partial charge in [-0.3, -0.25) is 4.98 Å². The van der Waals surface area contributed by atoms with Crippen molar-refractivity contribution < 1.29 is 14.0 Å². The predicted molar refractivity (Wildman–Crippen MR) is 103 cm³/mol. The van der Waals surface area contributed by atoms with Gasteiger partial charge in [-0.25, -0.2) is 0 Å². The molecule has 6 heteroatoms. The molecule has 0 radical (unpaired) electrons. The summed E-state index contributed by atoms with van der Waals surface area (Å²) in [4.78, 5) is 4.11. The Labute approximate surface area is 159 Å². The van der Waals surface area contributed by atoms with Crippen LogP contribution in [-0.4, -0.2) is 23.8 Å². The number of aryl methyl sites for hydroxylation is 2. The van der Waals surface area contributed by atoms with Gasteiger partial charge in [0, 0.05) is 30.1 Å². The van der Waals surface area contributed by atoms with Gasteiger partial charge in [0.05, 0.1) is 12.8 Å². The highest BCUT2D eigenvalue weighted by Crippen LogP contribution is 2.28. The van der Waals surface area contributed by atoms with Crippen molar-refractivity contribution in [2.75, 3.05) is 13.7 Å². The summed E-state index contributed by atoms with van der Waals surface area (Å²) in [6.45, 7) is 5.97. The Bertz CT molecular complexity index is 843. The van der Waals surface area contributed by atoms with Crippen molar-refractivity contribution in [3.05, 3.63) is 70.9 Å². The Morgan fingerprint density at radius 1 is 1.11 bits per heavy atom. The van der Waals surface area contributed by atoms with Crippen molar-refractivity contribution in [2.24, 2.45) is 0 Å². The van der Waals surface area contributed by atoms with Crippen LogP contribution in [0.25, 0.3) is 0 Å². The van der Waals surface area contributed by atoms with E-state index in [1.807, 2.05) is 44.2 Å². The Balaban J connectivity index is 1.56. The average Bonchev–Trinajstić information content (AvgIpc) is 3.02. The van der Waals surface area contributed by atoms with Gasteiger partial charge >= 0.3 is 0 Å². The number of nitrogens with one attached hydrogen (secondary N) is 1. The number of rotatable bonds is 9. The van der Waals surface area contributed by atoms with Gasteiger partial charge in [-0.15, -0.1) is 0 Å². The Morgan fingerprint density at radius 2 is 2.00 bits per heavy atom. The van der Waals surface area contributed by atoms with Crippen LogP contribution in [0.15, 0.2) is 47.2 Å². The minimum Gasteiger partial charge on any atom is -0.493 e. The third-order valence-corrected chi connectivity index (χ3v) is 4.41. The molecule has 0 saturated carbocycles. The van der Waals surface area contributed by atoms with Crippen molar-refractivity contribution in [3.63, 3.8) is 0 Å². The molecule has 2 aromatic heterocycles. The SMILES string of the molecule is COc1ccc(CNCCc2c(C)noc2C)cc1OCc1cccnc1. The summed E-state index contributed by atoms with van der Waals surface area (Å²) in [5.41, 5.74) is 4.29. The fourth-order valence-electron chi connectivity index (χ4n) is 2.89. The summed E-state index contributed by atoms with van der Waals surface area (Å²) in [7, 11) is 1.65. The van der Waals surface area contributed by atoms with Crippen LogP contribution in [0.4, 0.5) is 0 Å². The van der Waals surface area contributed by atoms with Crippen molar-refractivity contribution in [1.82, 2.24) is 15.5 Å². The van der Waals surface area contributed by atoms with Crippen molar-refractivity contribution >= 4 is 0 Å². The number of hydrogen-bond donors (Lipinski definition) is 1. The summed E-state index contributed by atoms with van der Waals surface area (Å²) in [6, 6.07) is 9.87. The molecule has 0 aliphatic heterocycles. The molecule has 0 amide bonds. The van der Waals surface area contributed by atoms with E-state index in [4.69, 9.17) is 14.0 Å². The molecule has 0 aliphatic rings. The van der Waals surface area contributed by atoms with Crippen LogP contribution in [0.2, 0.25) is 0 Å². The Hall–Kier alpha value is -2.86. The van der Waals surface area contributed by atoms with Crippen molar-refractivity contribution in [1.29, 1.82) is 0 Å². The normalized spacial score (nSPS) is 10.8. The van der Waals surface area contributed by atoms with Crippen LogP contribution >= 0.6 is 0 Å². The molecule has 6 nitrogen and oxygen atoms in total. The van der Waals surface area contributed by atoms with Crippen molar-refractivity contribution in [3.8, 4) is 11.5 Å². The second-order valence-corrected chi connectivity index (χ2v) is 6.36. The minimum absolute atomic E-state index is 0.452. The Kier molecular flexibility index (Phi) is 6.44. The highest BCUT2D eigenvalue weighted by Gasteiger charge is 2.09. The van der Waals surface area contributed by atoms with E-state index in [9.17, 15) is 0 Å². The number of hydrogen-bond acceptors (Lipinski definition) is 6. The van der Waals surface area contributed by atoms with Crippen LogP contribution in [0.3, 0.4) is 0 Å². The third kappa shape index (κ3) is 5.08. The second kappa shape index (κ2) is 9.19. The summed E-state index contributed by atoms with van der Waals surface area (Å²) in [5.74, 6) is 2.34. The van der Waals surface area contributed by atoms with Crippen LogP contribution in [0.5, 0.6) is 11.5 Å². The number of benzene rings is 1.